The van der Waals surface area contributed by atoms with Crippen LogP contribution < -0.4 is 14.8 Å². The minimum absolute atomic E-state index is 0.203. The van der Waals surface area contributed by atoms with Crippen LogP contribution in [-0.4, -0.2) is 50.3 Å². The maximum absolute atomic E-state index is 12.6. The van der Waals surface area contributed by atoms with Crippen LogP contribution >= 0.6 is 0 Å². The monoisotopic (exact) mass is 539 g/mol. The van der Waals surface area contributed by atoms with E-state index >= 15 is 0 Å². The normalized spacial score (nSPS) is 14.3. The summed E-state index contributed by atoms with van der Waals surface area (Å²) >= 11 is 0. The predicted molar refractivity (Wildman–Crippen MR) is 133 cm³/mol. The van der Waals surface area contributed by atoms with Crippen molar-refractivity contribution < 1.29 is 35.4 Å². The molecule has 2 amide bonds. The molecule has 200 valence electrons. The molecule has 0 spiro atoms. The van der Waals surface area contributed by atoms with Crippen LogP contribution in [0, 0.1) is 0 Å². The molecule has 1 heterocycles. The predicted octanol–water partition coefficient (Wildman–Crippen LogP) is 3.84. The highest BCUT2D eigenvalue weighted by Gasteiger charge is 2.48. The Hall–Kier alpha value is -3.38. The number of fused-ring (bicyclic) bond motifs is 1. The van der Waals surface area contributed by atoms with Crippen molar-refractivity contribution in [2.45, 2.75) is 38.2 Å². The Morgan fingerprint density at radius 1 is 1.11 bits per heavy atom. The van der Waals surface area contributed by atoms with Crippen LogP contribution in [0.15, 0.2) is 48.5 Å². The molecule has 0 bridgehead atoms. The maximum Gasteiger partial charge on any atom is 0.534 e. The van der Waals surface area contributed by atoms with Gasteiger partial charge in [0.15, 0.2) is 0 Å². The molecular formula is C25H28F3N3O5S. The van der Waals surface area contributed by atoms with Crippen LogP contribution in [0.2, 0.25) is 0 Å². The van der Waals surface area contributed by atoms with Crippen LogP contribution in [0.25, 0.3) is 6.08 Å². The van der Waals surface area contributed by atoms with Crippen molar-refractivity contribution in [1.29, 1.82) is 0 Å². The van der Waals surface area contributed by atoms with Gasteiger partial charge < -0.3 is 14.8 Å². The quantitative estimate of drug-likeness (QED) is 0.206. The number of hydrogen-bond donors (Lipinski definition) is 2. The molecule has 37 heavy (non-hydrogen) atoms. The third kappa shape index (κ3) is 8.32. The van der Waals surface area contributed by atoms with Crippen LogP contribution in [0.5, 0.6) is 5.75 Å². The molecule has 3 rings (SSSR count). The number of hydrogen-bond acceptors (Lipinski definition) is 6. The Kier molecular flexibility index (Phi) is 9.33. The molecule has 0 saturated heterocycles. The molecule has 1 aliphatic heterocycles. The fourth-order valence-electron chi connectivity index (χ4n) is 3.85. The van der Waals surface area contributed by atoms with E-state index in [1.54, 1.807) is 36.4 Å². The molecule has 0 fully saturated rings. The molecule has 0 saturated carbocycles. The molecule has 8 nitrogen and oxygen atoms in total. The lowest BCUT2D eigenvalue weighted by Crippen LogP contribution is -2.32. The van der Waals surface area contributed by atoms with E-state index in [0.29, 0.717) is 37.3 Å². The average Bonchev–Trinajstić information content (AvgIpc) is 2.81. The van der Waals surface area contributed by atoms with Crippen LogP contribution in [0.3, 0.4) is 0 Å². The Labute approximate surface area is 213 Å². The van der Waals surface area contributed by atoms with Gasteiger partial charge in [-0.2, -0.15) is 21.6 Å². The number of nitrogens with one attached hydrogen (secondary N) is 2. The number of alkyl halides is 3. The molecule has 1 aliphatic rings. The van der Waals surface area contributed by atoms with Gasteiger partial charge in [0.05, 0.1) is 0 Å². The second kappa shape index (κ2) is 12.2. The highest BCUT2D eigenvalue weighted by Crippen LogP contribution is 2.29. The van der Waals surface area contributed by atoms with Crippen molar-refractivity contribution in [3.8, 4) is 5.75 Å². The van der Waals surface area contributed by atoms with Crippen molar-refractivity contribution in [3.05, 3.63) is 65.2 Å². The summed E-state index contributed by atoms with van der Waals surface area (Å²) in [4.78, 5) is 25.5. The van der Waals surface area contributed by atoms with Gasteiger partial charge in [-0.15, -0.1) is 0 Å². The Bertz CT molecular complexity index is 1260. The second-order valence-electron chi connectivity index (χ2n) is 8.54. The zero-order valence-corrected chi connectivity index (χ0v) is 21.0. The lowest BCUT2D eigenvalue weighted by atomic mass is 9.99. The van der Waals surface area contributed by atoms with E-state index in [2.05, 4.69) is 19.7 Å². The number of rotatable bonds is 10. The zero-order chi connectivity index (χ0) is 27.1. The number of anilines is 1. The molecule has 0 aromatic heterocycles. The number of carbonyl (C=O) groups is 2. The van der Waals surface area contributed by atoms with Crippen molar-refractivity contribution >= 4 is 33.7 Å². The number of halogens is 3. The average molecular weight is 540 g/mol. The Morgan fingerprint density at radius 3 is 2.59 bits per heavy atom. The SMILES string of the molecule is CC(=O)Nc1ccccc1/C=C/C(=O)NCCCCN1CCc2ccc(OS(=O)(=O)C(F)(F)F)cc2C1. The third-order valence-corrected chi connectivity index (χ3v) is 6.62. The topological polar surface area (TPSA) is 105 Å². The largest absolute Gasteiger partial charge is 0.534 e. The maximum atomic E-state index is 12.6. The fourth-order valence-corrected chi connectivity index (χ4v) is 4.30. The number of benzene rings is 2. The van der Waals surface area contributed by atoms with Gasteiger partial charge in [-0.25, -0.2) is 0 Å². The number of amides is 2. The van der Waals surface area contributed by atoms with Crippen molar-refractivity contribution in [2.75, 3.05) is 25.0 Å². The van der Waals surface area contributed by atoms with Gasteiger partial charge in [0.1, 0.15) is 5.75 Å². The number of para-hydroxylation sites is 1. The van der Waals surface area contributed by atoms with E-state index < -0.39 is 15.6 Å². The van der Waals surface area contributed by atoms with Crippen LogP contribution in [-0.2, 0) is 32.7 Å². The van der Waals surface area contributed by atoms with Crippen LogP contribution in [0.4, 0.5) is 18.9 Å². The third-order valence-electron chi connectivity index (χ3n) is 5.64. The number of unbranched alkanes of at least 4 members (excludes halogenated alkanes) is 1. The van der Waals surface area contributed by atoms with E-state index in [4.69, 9.17) is 0 Å². The molecular weight excluding hydrogens is 511 g/mol. The van der Waals surface area contributed by atoms with E-state index in [0.717, 1.165) is 30.5 Å². The van der Waals surface area contributed by atoms with E-state index in [9.17, 15) is 31.2 Å². The summed E-state index contributed by atoms with van der Waals surface area (Å²) in [6, 6.07) is 11.3. The minimum atomic E-state index is -5.72. The molecule has 2 N–H and O–H groups in total. The van der Waals surface area contributed by atoms with Crippen molar-refractivity contribution in [3.63, 3.8) is 0 Å². The van der Waals surface area contributed by atoms with Gasteiger partial charge in [0.25, 0.3) is 0 Å². The summed E-state index contributed by atoms with van der Waals surface area (Å²) in [7, 11) is -5.72. The van der Waals surface area contributed by atoms with Crippen LogP contribution in [0.1, 0.15) is 36.5 Å². The van der Waals surface area contributed by atoms with E-state index in [1.165, 1.54) is 25.1 Å². The first-order chi connectivity index (χ1) is 17.4. The molecule has 0 radical (unpaired) electrons. The van der Waals surface area contributed by atoms with Gasteiger partial charge in [0, 0.05) is 38.3 Å². The molecule has 12 heteroatoms. The first-order valence-electron chi connectivity index (χ1n) is 11.6. The molecule has 0 atom stereocenters. The first kappa shape index (κ1) is 28.2. The summed E-state index contributed by atoms with van der Waals surface area (Å²) in [6.07, 6.45) is 5.22. The number of carbonyl (C=O) groups excluding carboxylic acids is 2. The van der Waals surface area contributed by atoms with E-state index in [1.807, 2.05) is 0 Å². The van der Waals surface area contributed by atoms with Crippen molar-refractivity contribution in [2.24, 2.45) is 0 Å². The highest BCUT2D eigenvalue weighted by atomic mass is 32.2. The standard InChI is InChI=1S/C25H28F3N3O5S/c1-18(32)30-23-7-3-2-6-20(23)9-11-24(33)29-13-4-5-14-31-15-12-19-8-10-22(16-21(19)17-31)36-37(34,35)25(26,27)28/h2-3,6-11,16H,4-5,12-15,17H2,1H3,(H,29,33)(H,30,32)/b11-9+. The van der Waals surface area contributed by atoms with Gasteiger partial charge in [-0.1, -0.05) is 24.3 Å². The van der Waals surface area contributed by atoms with Gasteiger partial charge in [-0.05, 0) is 66.8 Å². The molecule has 0 aliphatic carbocycles. The van der Waals surface area contributed by atoms with Gasteiger partial charge >= 0.3 is 15.6 Å². The highest BCUT2D eigenvalue weighted by molar-refractivity contribution is 7.88. The molecule has 2 aromatic carbocycles. The van der Waals surface area contributed by atoms with Gasteiger partial charge in [-0.3, -0.25) is 14.5 Å². The summed E-state index contributed by atoms with van der Waals surface area (Å²) in [5.41, 5.74) is -2.51. The minimum Gasteiger partial charge on any atom is -0.376 e. The summed E-state index contributed by atoms with van der Waals surface area (Å²) in [6.45, 7) is 3.81. The Balaban J connectivity index is 1.42. The molecule has 2 aromatic rings. The first-order valence-corrected chi connectivity index (χ1v) is 13.0. The molecule has 0 unspecified atom stereocenters. The summed E-state index contributed by atoms with van der Waals surface area (Å²) in [5.74, 6) is -0.829. The summed E-state index contributed by atoms with van der Waals surface area (Å²) < 4.78 is 64.5. The lowest BCUT2D eigenvalue weighted by molar-refractivity contribution is -0.116. The Morgan fingerprint density at radius 2 is 1.86 bits per heavy atom. The zero-order valence-electron chi connectivity index (χ0n) is 20.2. The van der Waals surface area contributed by atoms with Crippen molar-refractivity contribution in [1.82, 2.24) is 10.2 Å². The lowest BCUT2D eigenvalue weighted by Gasteiger charge is -2.29. The smallest absolute Gasteiger partial charge is 0.376 e. The van der Waals surface area contributed by atoms with E-state index in [-0.39, 0.29) is 17.6 Å². The summed E-state index contributed by atoms with van der Waals surface area (Å²) in [5, 5.41) is 5.52. The fraction of sp³-hybridized carbons (Fsp3) is 0.360. The van der Waals surface area contributed by atoms with Gasteiger partial charge in [0.2, 0.25) is 11.8 Å². The second-order valence-corrected chi connectivity index (χ2v) is 10.1. The number of nitrogens with zero attached hydrogens (tertiary/aromatic N) is 1.